The Balaban J connectivity index is 2.06. The number of hydrogen-bond acceptors (Lipinski definition) is 6. The minimum atomic E-state index is -0.404. The number of nitrogen functional groups attached to an aromatic ring is 1. The number of nitrogens with two attached hydrogens (primary N) is 1. The molecule has 3 aromatic rings. The van der Waals surface area contributed by atoms with Gasteiger partial charge in [-0.25, -0.2) is 14.6 Å². The zero-order valence-corrected chi connectivity index (χ0v) is 14.1. The van der Waals surface area contributed by atoms with Crippen molar-refractivity contribution in [2.45, 2.75) is 39.7 Å². The molecule has 0 spiro atoms. The van der Waals surface area contributed by atoms with Gasteiger partial charge in [-0.05, 0) is 27.2 Å². The van der Waals surface area contributed by atoms with Crippen molar-refractivity contribution >= 4 is 28.6 Å². The summed E-state index contributed by atoms with van der Waals surface area (Å²) >= 11 is 0. The van der Waals surface area contributed by atoms with E-state index >= 15 is 0 Å². The van der Waals surface area contributed by atoms with Crippen LogP contribution in [0.3, 0.4) is 0 Å². The predicted octanol–water partition coefficient (Wildman–Crippen LogP) is 1.70. The molecule has 0 saturated carbocycles. The number of nitrogens with one attached hydrogen (secondary N) is 2. The Labute approximate surface area is 138 Å². The van der Waals surface area contributed by atoms with Crippen molar-refractivity contribution in [3.8, 4) is 0 Å². The number of aromatic amines is 1. The lowest BCUT2D eigenvalue weighted by Gasteiger charge is -2.19. The molecule has 9 nitrogen and oxygen atoms in total. The Morgan fingerprint density at radius 3 is 2.75 bits per heavy atom. The number of carbonyl (C=O) groups excluding carboxylic acids is 1. The standard InChI is InChI=1S/C15H20N8O/c1-5-8-6-9(21-20-8)19-14(24)11-10-12(16)17-7-18-13(10)23(22-11)15(2,3)4/h6-7H,5H2,1-4H3,(H2,16,17,18)(H2,19,20,21,24). The van der Waals surface area contributed by atoms with E-state index in [4.69, 9.17) is 5.73 Å². The molecule has 0 unspecified atom stereocenters. The second kappa shape index (κ2) is 5.59. The number of rotatable bonds is 3. The van der Waals surface area contributed by atoms with Crippen molar-refractivity contribution in [1.82, 2.24) is 29.9 Å². The second-order valence-electron chi connectivity index (χ2n) is 6.47. The van der Waals surface area contributed by atoms with E-state index in [1.807, 2.05) is 27.7 Å². The maximum atomic E-state index is 12.7. The van der Waals surface area contributed by atoms with Gasteiger partial charge in [0.2, 0.25) is 0 Å². The van der Waals surface area contributed by atoms with Gasteiger partial charge in [-0.15, -0.1) is 0 Å². The molecule has 0 aliphatic rings. The second-order valence-corrected chi connectivity index (χ2v) is 6.47. The van der Waals surface area contributed by atoms with Crippen LogP contribution in [0.15, 0.2) is 12.4 Å². The van der Waals surface area contributed by atoms with Gasteiger partial charge in [0.15, 0.2) is 17.2 Å². The van der Waals surface area contributed by atoms with E-state index in [1.54, 1.807) is 10.7 Å². The van der Waals surface area contributed by atoms with Crippen LogP contribution in [-0.2, 0) is 12.0 Å². The van der Waals surface area contributed by atoms with Gasteiger partial charge >= 0.3 is 0 Å². The van der Waals surface area contributed by atoms with Gasteiger partial charge in [0.25, 0.3) is 5.91 Å². The van der Waals surface area contributed by atoms with E-state index < -0.39 is 5.91 Å². The summed E-state index contributed by atoms with van der Waals surface area (Å²) in [6, 6.07) is 1.78. The first-order valence-corrected chi connectivity index (χ1v) is 7.66. The maximum Gasteiger partial charge on any atom is 0.278 e. The van der Waals surface area contributed by atoms with E-state index in [-0.39, 0.29) is 17.1 Å². The molecule has 0 fully saturated rings. The van der Waals surface area contributed by atoms with Gasteiger partial charge in [-0.3, -0.25) is 9.89 Å². The first-order valence-electron chi connectivity index (χ1n) is 7.66. The molecule has 3 heterocycles. The number of carbonyl (C=O) groups is 1. The number of anilines is 2. The third-order valence-electron chi connectivity index (χ3n) is 3.60. The average Bonchev–Trinajstić information content (AvgIpc) is 3.11. The monoisotopic (exact) mass is 328 g/mol. The van der Waals surface area contributed by atoms with Crippen LogP contribution < -0.4 is 11.1 Å². The highest BCUT2D eigenvalue weighted by molar-refractivity contribution is 6.12. The molecule has 4 N–H and O–H groups in total. The summed E-state index contributed by atoms with van der Waals surface area (Å²) in [6.07, 6.45) is 2.16. The number of aryl methyl sites for hydroxylation is 1. The van der Waals surface area contributed by atoms with Crippen molar-refractivity contribution in [3.05, 3.63) is 23.8 Å². The highest BCUT2D eigenvalue weighted by atomic mass is 16.2. The van der Waals surface area contributed by atoms with E-state index in [1.165, 1.54) is 6.33 Å². The summed E-state index contributed by atoms with van der Waals surface area (Å²) in [7, 11) is 0. The van der Waals surface area contributed by atoms with Crippen LogP contribution >= 0.6 is 0 Å². The Bertz CT molecular complexity index is 902. The number of hydrogen-bond donors (Lipinski definition) is 3. The third-order valence-corrected chi connectivity index (χ3v) is 3.60. The number of amides is 1. The highest BCUT2D eigenvalue weighted by Crippen LogP contribution is 2.26. The molecule has 0 saturated heterocycles. The number of fused-ring (bicyclic) bond motifs is 1. The van der Waals surface area contributed by atoms with Gasteiger partial charge in [0.05, 0.1) is 10.9 Å². The number of H-pyrrole nitrogens is 1. The Kier molecular flexibility index (Phi) is 3.70. The number of aromatic nitrogens is 6. The molecule has 0 aliphatic carbocycles. The van der Waals surface area contributed by atoms with Crippen LogP contribution in [0.4, 0.5) is 11.6 Å². The summed E-state index contributed by atoms with van der Waals surface area (Å²) in [5.41, 5.74) is 7.24. The molecule has 0 radical (unpaired) electrons. The summed E-state index contributed by atoms with van der Waals surface area (Å²) in [6.45, 7) is 7.91. The van der Waals surface area contributed by atoms with Crippen molar-refractivity contribution < 1.29 is 4.79 Å². The fourth-order valence-electron chi connectivity index (χ4n) is 2.38. The molecule has 9 heteroatoms. The molecular formula is C15H20N8O. The smallest absolute Gasteiger partial charge is 0.278 e. The van der Waals surface area contributed by atoms with Crippen LogP contribution in [0.5, 0.6) is 0 Å². The molecule has 3 rings (SSSR count). The van der Waals surface area contributed by atoms with Gasteiger partial charge in [0, 0.05) is 11.8 Å². The minimum absolute atomic E-state index is 0.180. The van der Waals surface area contributed by atoms with Gasteiger partial charge < -0.3 is 11.1 Å². The van der Waals surface area contributed by atoms with Crippen LogP contribution in [0.25, 0.3) is 11.0 Å². The molecule has 0 aliphatic heterocycles. The van der Waals surface area contributed by atoms with E-state index in [0.29, 0.717) is 16.9 Å². The first-order chi connectivity index (χ1) is 11.3. The Morgan fingerprint density at radius 2 is 2.12 bits per heavy atom. The van der Waals surface area contributed by atoms with Crippen molar-refractivity contribution in [1.29, 1.82) is 0 Å². The lowest BCUT2D eigenvalue weighted by molar-refractivity contribution is 0.102. The summed E-state index contributed by atoms with van der Waals surface area (Å²) in [5.74, 6) is 0.251. The van der Waals surface area contributed by atoms with Gasteiger partial charge in [0.1, 0.15) is 12.1 Å². The van der Waals surface area contributed by atoms with Crippen LogP contribution in [-0.4, -0.2) is 35.9 Å². The Hall–Kier alpha value is -2.97. The maximum absolute atomic E-state index is 12.7. The zero-order valence-electron chi connectivity index (χ0n) is 14.1. The molecule has 0 bridgehead atoms. The highest BCUT2D eigenvalue weighted by Gasteiger charge is 2.26. The topological polar surface area (TPSA) is 127 Å². The summed E-state index contributed by atoms with van der Waals surface area (Å²) in [4.78, 5) is 20.9. The molecule has 1 amide bonds. The SMILES string of the molecule is CCc1cc(NC(=O)c2nn(C(C)(C)C)c3ncnc(N)c23)n[nH]1. The quantitative estimate of drug-likeness (QED) is 0.671. The van der Waals surface area contributed by atoms with Crippen LogP contribution in [0, 0.1) is 0 Å². The molecule has 3 aromatic heterocycles. The van der Waals surface area contributed by atoms with E-state index in [0.717, 1.165) is 12.1 Å². The molecule has 24 heavy (non-hydrogen) atoms. The lowest BCUT2D eigenvalue weighted by Crippen LogP contribution is -2.24. The fourth-order valence-corrected chi connectivity index (χ4v) is 2.38. The minimum Gasteiger partial charge on any atom is -0.383 e. The van der Waals surface area contributed by atoms with E-state index in [9.17, 15) is 4.79 Å². The third kappa shape index (κ3) is 2.68. The first kappa shape index (κ1) is 15.9. The number of nitrogens with zero attached hydrogens (tertiary/aromatic N) is 5. The largest absolute Gasteiger partial charge is 0.383 e. The molecular weight excluding hydrogens is 308 g/mol. The zero-order chi connectivity index (χ0) is 17.5. The van der Waals surface area contributed by atoms with Crippen molar-refractivity contribution in [3.63, 3.8) is 0 Å². The predicted molar refractivity (Wildman–Crippen MR) is 90.7 cm³/mol. The lowest BCUT2D eigenvalue weighted by atomic mass is 10.1. The van der Waals surface area contributed by atoms with E-state index in [2.05, 4.69) is 30.6 Å². The Morgan fingerprint density at radius 1 is 1.38 bits per heavy atom. The normalized spacial score (nSPS) is 11.8. The summed E-state index contributed by atoms with van der Waals surface area (Å²) < 4.78 is 1.68. The fraction of sp³-hybridized carbons (Fsp3) is 0.400. The van der Waals surface area contributed by atoms with Gasteiger partial charge in [-0.2, -0.15) is 10.2 Å². The molecule has 0 atom stereocenters. The van der Waals surface area contributed by atoms with Crippen molar-refractivity contribution in [2.24, 2.45) is 0 Å². The summed E-state index contributed by atoms with van der Waals surface area (Å²) in [5, 5.41) is 14.5. The molecule has 0 aromatic carbocycles. The van der Waals surface area contributed by atoms with Crippen molar-refractivity contribution in [2.75, 3.05) is 11.1 Å². The van der Waals surface area contributed by atoms with Gasteiger partial charge in [-0.1, -0.05) is 6.92 Å². The molecule has 126 valence electrons. The van der Waals surface area contributed by atoms with Crippen LogP contribution in [0.2, 0.25) is 0 Å². The van der Waals surface area contributed by atoms with Crippen LogP contribution in [0.1, 0.15) is 43.9 Å². The average molecular weight is 328 g/mol.